The SMILES string of the molecule is Cc1cc(C)n(CCCNC(=O)CCn2cc(Cl)c(C)n2)n1. The maximum atomic E-state index is 11.8. The Labute approximate surface area is 135 Å². The van der Waals surface area contributed by atoms with E-state index in [9.17, 15) is 4.79 Å². The molecule has 0 unspecified atom stereocenters. The standard InChI is InChI=1S/C15H22ClN5O/c1-11-9-12(2)21(18-11)7-4-6-17-15(22)5-8-20-10-14(16)13(3)19-20/h9-10H,4-8H2,1-3H3,(H,17,22). The van der Waals surface area contributed by atoms with Crippen molar-refractivity contribution in [2.24, 2.45) is 0 Å². The van der Waals surface area contributed by atoms with Crippen LogP contribution in [0, 0.1) is 20.8 Å². The van der Waals surface area contributed by atoms with Crippen molar-refractivity contribution in [1.82, 2.24) is 24.9 Å². The summed E-state index contributed by atoms with van der Waals surface area (Å²) in [6.07, 6.45) is 3.00. The smallest absolute Gasteiger partial charge is 0.221 e. The normalized spacial score (nSPS) is 10.9. The third-order valence-electron chi connectivity index (χ3n) is 3.43. The molecule has 0 bridgehead atoms. The van der Waals surface area contributed by atoms with E-state index < -0.39 is 0 Å². The molecule has 1 amide bonds. The molecule has 0 aliphatic heterocycles. The average Bonchev–Trinajstić information content (AvgIpc) is 2.95. The minimum Gasteiger partial charge on any atom is -0.356 e. The number of aryl methyl sites for hydroxylation is 5. The molecule has 0 spiro atoms. The molecule has 6 nitrogen and oxygen atoms in total. The zero-order valence-corrected chi connectivity index (χ0v) is 14.0. The summed E-state index contributed by atoms with van der Waals surface area (Å²) >= 11 is 5.93. The fourth-order valence-corrected chi connectivity index (χ4v) is 2.42. The zero-order valence-electron chi connectivity index (χ0n) is 13.3. The maximum absolute atomic E-state index is 11.8. The maximum Gasteiger partial charge on any atom is 0.221 e. The van der Waals surface area contributed by atoms with Crippen LogP contribution in [0.25, 0.3) is 0 Å². The van der Waals surface area contributed by atoms with Gasteiger partial charge in [-0.3, -0.25) is 14.2 Å². The van der Waals surface area contributed by atoms with Crippen molar-refractivity contribution in [3.8, 4) is 0 Å². The van der Waals surface area contributed by atoms with Crippen LogP contribution in [0.3, 0.4) is 0 Å². The summed E-state index contributed by atoms with van der Waals surface area (Å²) in [4.78, 5) is 11.8. The van der Waals surface area contributed by atoms with E-state index in [1.165, 1.54) is 0 Å². The van der Waals surface area contributed by atoms with Crippen molar-refractivity contribution in [2.45, 2.75) is 46.7 Å². The Bertz CT molecular complexity index is 627. The van der Waals surface area contributed by atoms with Gasteiger partial charge in [-0.15, -0.1) is 0 Å². The summed E-state index contributed by atoms with van der Waals surface area (Å²) in [5, 5.41) is 12.2. The molecule has 0 aliphatic rings. The molecule has 22 heavy (non-hydrogen) atoms. The minimum absolute atomic E-state index is 0.0256. The number of hydrogen-bond donors (Lipinski definition) is 1. The monoisotopic (exact) mass is 323 g/mol. The van der Waals surface area contributed by atoms with E-state index in [2.05, 4.69) is 21.6 Å². The molecular formula is C15H22ClN5O. The lowest BCUT2D eigenvalue weighted by molar-refractivity contribution is -0.121. The van der Waals surface area contributed by atoms with E-state index >= 15 is 0 Å². The topological polar surface area (TPSA) is 64.7 Å². The molecule has 2 heterocycles. The summed E-state index contributed by atoms with van der Waals surface area (Å²) in [5.41, 5.74) is 2.96. The molecule has 120 valence electrons. The van der Waals surface area contributed by atoms with Crippen molar-refractivity contribution in [1.29, 1.82) is 0 Å². The van der Waals surface area contributed by atoms with E-state index in [1.807, 2.05) is 25.5 Å². The van der Waals surface area contributed by atoms with Crippen LogP contribution in [-0.2, 0) is 17.9 Å². The van der Waals surface area contributed by atoms with E-state index in [-0.39, 0.29) is 5.91 Å². The van der Waals surface area contributed by atoms with Gasteiger partial charge in [0.2, 0.25) is 5.91 Å². The number of hydrogen-bond acceptors (Lipinski definition) is 3. The highest BCUT2D eigenvalue weighted by Crippen LogP contribution is 2.12. The van der Waals surface area contributed by atoms with Crippen LogP contribution in [0.1, 0.15) is 29.9 Å². The van der Waals surface area contributed by atoms with Gasteiger partial charge in [-0.05, 0) is 33.3 Å². The zero-order chi connectivity index (χ0) is 16.1. The van der Waals surface area contributed by atoms with Crippen molar-refractivity contribution < 1.29 is 4.79 Å². The van der Waals surface area contributed by atoms with Gasteiger partial charge in [-0.2, -0.15) is 10.2 Å². The number of carbonyl (C=O) groups excluding carboxylic acids is 1. The van der Waals surface area contributed by atoms with Crippen molar-refractivity contribution >= 4 is 17.5 Å². The second-order valence-electron chi connectivity index (χ2n) is 5.43. The number of nitrogens with one attached hydrogen (secondary N) is 1. The van der Waals surface area contributed by atoms with E-state index in [4.69, 9.17) is 11.6 Å². The molecule has 0 radical (unpaired) electrons. The first kappa shape index (κ1) is 16.5. The van der Waals surface area contributed by atoms with Gasteiger partial charge < -0.3 is 5.32 Å². The van der Waals surface area contributed by atoms with Gasteiger partial charge in [0.05, 0.1) is 16.4 Å². The highest BCUT2D eigenvalue weighted by Gasteiger charge is 2.05. The van der Waals surface area contributed by atoms with Crippen LogP contribution in [0.15, 0.2) is 12.3 Å². The summed E-state index contributed by atoms with van der Waals surface area (Å²) in [6, 6.07) is 2.05. The fraction of sp³-hybridized carbons (Fsp3) is 0.533. The molecule has 2 aromatic rings. The lowest BCUT2D eigenvalue weighted by atomic mass is 10.3. The molecular weight excluding hydrogens is 302 g/mol. The second kappa shape index (κ2) is 7.45. The summed E-state index contributed by atoms with van der Waals surface area (Å²) in [5.74, 6) is 0.0256. The van der Waals surface area contributed by atoms with E-state index in [0.717, 1.165) is 30.0 Å². The van der Waals surface area contributed by atoms with Crippen LogP contribution >= 0.6 is 11.6 Å². The Kier molecular flexibility index (Phi) is 5.60. The molecule has 2 aromatic heterocycles. The van der Waals surface area contributed by atoms with Gasteiger partial charge in [0, 0.05) is 37.9 Å². The highest BCUT2D eigenvalue weighted by atomic mass is 35.5. The predicted molar refractivity (Wildman–Crippen MR) is 85.9 cm³/mol. The molecule has 2 rings (SSSR count). The number of nitrogens with zero attached hydrogens (tertiary/aromatic N) is 4. The van der Waals surface area contributed by atoms with Crippen LogP contribution in [0.4, 0.5) is 0 Å². The van der Waals surface area contributed by atoms with Crippen LogP contribution in [0.5, 0.6) is 0 Å². The highest BCUT2D eigenvalue weighted by molar-refractivity contribution is 6.31. The Morgan fingerprint density at radius 3 is 2.64 bits per heavy atom. The molecule has 0 aliphatic carbocycles. The molecule has 0 atom stereocenters. The average molecular weight is 324 g/mol. The Hall–Kier alpha value is -1.82. The number of rotatable bonds is 7. The Balaban J connectivity index is 1.64. The van der Waals surface area contributed by atoms with Gasteiger partial charge in [-0.1, -0.05) is 11.6 Å². The third-order valence-corrected chi connectivity index (χ3v) is 3.80. The van der Waals surface area contributed by atoms with E-state index in [1.54, 1.807) is 10.9 Å². The first-order chi connectivity index (χ1) is 10.5. The quantitative estimate of drug-likeness (QED) is 0.795. The number of aromatic nitrogens is 4. The first-order valence-electron chi connectivity index (χ1n) is 7.43. The summed E-state index contributed by atoms with van der Waals surface area (Å²) in [6.45, 7) is 7.86. The molecule has 1 N–H and O–H groups in total. The van der Waals surface area contributed by atoms with Gasteiger partial charge >= 0.3 is 0 Å². The number of amides is 1. The fourth-order valence-electron chi connectivity index (χ4n) is 2.27. The molecule has 0 fully saturated rings. The predicted octanol–water partition coefficient (Wildman–Crippen LogP) is 2.25. The lowest BCUT2D eigenvalue weighted by Crippen LogP contribution is -2.26. The van der Waals surface area contributed by atoms with Crippen molar-refractivity contribution in [3.63, 3.8) is 0 Å². The van der Waals surface area contributed by atoms with Crippen molar-refractivity contribution in [2.75, 3.05) is 6.54 Å². The molecule has 7 heteroatoms. The van der Waals surface area contributed by atoms with Gasteiger partial charge in [0.25, 0.3) is 0 Å². The number of carbonyl (C=O) groups is 1. The first-order valence-corrected chi connectivity index (χ1v) is 7.81. The van der Waals surface area contributed by atoms with Gasteiger partial charge in [-0.25, -0.2) is 0 Å². The second-order valence-corrected chi connectivity index (χ2v) is 5.84. The van der Waals surface area contributed by atoms with Crippen LogP contribution in [-0.4, -0.2) is 32.0 Å². The minimum atomic E-state index is 0.0256. The largest absolute Gasteiger partial charge is 0.356 e. The third kappa shape index (κ3) is 4.59. The summed E-state index contributed by atoms with van der Waals surface area (Å²) in [7, 11) is 0. The molecule has 0 aromatic carbocycles. The van der Waals surface area contributed by atoms with Crippen molar-refractivity contribution in [3.05, 3.63) is 34.4 Å². The lowest BCUT2D eigenvalue weighted by Gasteiger charge is -2.07. The Morgan fingerprint density at radius 1 is 1.27 bits per heavy atom. The number of halogens is 1. The van der Waals surface area contributed by atoms with Gasteiger partial charge in [0.1, 0.15) is 0 Å². The molecule has 0 saturated heterocycles. The van der Waals surface area contributed by atoms with Crippen LogP contribution < -0.4 is 5.32 Å². The van der Waals surface area contributed by atoms with E-state index in [0.29, 0.717) is 24.5 Å². The Morgan fingerprint density at radius 2 is 2.05 bits per heavy atom. The molecule has 0 saturated carbocycles. The van der Waals surface area contributed by atoms with Gasteiger partial charge in [0.15, 0.2) is 0 Å². The summed E-state index contributed by atoms with van der Waals surface area (Å²) < 4.78 is 3.67. The van der Waals surface area contributed by atoms with Crippen LogP contribution in [0.2, 0.25) is 5.02 Å².